The molecule has 1 aromatic carbocycles. The van der Waals surface area contributed by atoms with Crippen molar-refractivity contribution in [3.63, 3.8) is 0 Å². The maximum Gasteiger partial charge on any atom is 0.272 e. The highest BCUT2D eigenvalue weighted by Gasteiger charge is 2.35. The first-order valence-corrected chi connectivity index (χ1v) is 8.76. The Hall–Kier alpha value is -2.45. The SMILES string of the molecule is O=C(NC1CCN(c2ccc(F)c(Cl)c2)C1=O)c1n[nH]c2c1CNCC2. The highest BCUT2D eigenvalue weighted by Crippen LogP contribution is 2.26. The van der Waals surface area contributed by atoms with Crippen molar-refractivity contribution < 1.29 is 14.0 Å². The van der Waals surface area contributed by atoms with Gasteiger partial charge < -0.3 is 15.5 Å². The lowest BCUT2D eigenvalue weighted by molar-refractivity contribution is -0.118. The fourth-order valence-electron chi connectivity index (χ4n) is 3.36. The van der Waals surface area contributed by atoms with Gasteiger partial charge in [-0.05, 0) is 24.6 Å². The average Bonchev–Trinajstić information content (AvgIpc) is 3.22. The van der Waals surface area contributed by atoms with Crippen molar-refractivity contribution in [2.75, 3.05) is 18.0 Å². The zero-order valence-corrected chi connectivity index (χ0v) is 14.6. The predicted octanol–water partition coefficient (Wildman–Crippen LogP) is 1.38. The second-order valence-corrected chi connectivity index (χ2v) is 6.77. The molecule has 26 heavy (non-hydrogen) atoms. The lowest BCUT2D eigenvalue weighted by Crippen LogP contribution is -2.42. The van der Waals surface area contributed by atoms with Gasteiger partial charge in [0.05, 0.1) is 5.02 Å². The third kappa shape index (κ3) is 2.95. The number of aromatic amines is 1. The molecule has 1 unspecified atom stereocenters. The number of nitrogens with one attached hydrogen (secondary N) is 3. The summed E-state index contributed by atoms with van der Waals surface area (Å²) in [5.41, 5.74) is 2.64. The first kappa shape index (κ1) is 17.0. The van der Waals surface area contributed by atoms with Crippen LogP contribution in [0.25, 0.3) is 0 Å². The summed E-state index contributed by atoms with van der Waals surface area (Å²) in [7, 11) is 0. The van der Waals surface area contributed by atoms with Crippen LogP contribution in [0, 0.1) is 5.82 Å². The molecule has 4 rings (SSSR count). The zero-order valence-electron chi connectivity index (χ0n) is 13.8. The minimum absolute atomic E-state index is 0.0431. The third-order valence-corrected chi connectivity index (χ3v) is 5.04. The van der Waals surface area contributed by atoms with Gasteiger partial charge in [0.15, 0.2) is 5.69 Å². The van der Waals surface area contributed by atoms with E-state index >= 15 is 0 Å². The zero-order chi connectivity index (χ0) is 18.3. The second kappa shape index (κ2) is 6.69. The largest absolute Gasteiger partial charge is 0.339 e. The van der Waals surface area contributed by atoms with Crippen molar-refractivity contribution in [1.82, 2.24) is 20.8 Å². The van der Waals surface area contributed by atoms with Gasteiger partial charge in [-0.15, -0.1) is 0 Å². The molecule has 2 aliphatic heterocycles. The van der Waals surface area contributed by atoms with Crippen LogP contribution in [-0.4, -0.2) is 41.1 Å². The standard InChI is InChI=1S/C17H17ClFN5O2/c18-11-7-9(1-2-12(11)19)24-6-4-14(17(24)26)21-16(25)15-10-8-20-5-3-13(10)22-23-15/h1-2,7,14,20H,3-6,8H2,(H,21,25)(H,22,23). The minimum atomic E-state index is -0.643. The summed E-state index contributed by atoms with van der Waals surface area (Å²) in [6, 6.07) is 3.49. The van der Waals surface area contributed by atoms with E-state index in [4.69, 9.17) is 11.6 Å². The van der Waals surface area contributed by atoms with Gasteiger partial charge >= 0.3 is 0 Å². The van der Waals surface area contributed by atoms with E-state index in [9.17, 15) is 14.0 Å². The van der Waals surface area contributed by atoms with Crippen LogP contribution < -0.4 is 15.5 Å². The van der Waals surface area contributed by atoms with E-state index in [1.54, 1.807) is 0 Å². The van der Waals surface area contributed by atoms with Crippen LogP contribution >= 0.6 is 11.6 Å². The molecule has 0 spiro atoms. The molecule has 1 saturated heterocycles. The van der Waals surface area contributed by atoms with Crippen LogP contribution in [0.15, 0.2) is 18.2 Å². The summed E-state index contributed by atoms with van der Waals surface area (Å²) in [6.45, 7) is 1.84. The average molecular weight is 378 g/mol. The Balaban J connectivity index is 1.48. The summed E-state index contributed by atoms with van der Waals surface area (Å²) in [5, 5.41) is 12.9. The Kier molecular flexibility index (Phi) is 4.37. The monoisotopic (exact) mass is 377 g/mol. The fourth-order valence-corrected chi connectivity index (χ4v) is 3.54. The first-order valence-electron chi connectivity index (χ1n) is 8.38. The first-order chi connectivity index (χ1) is 12.5. The number of nitrogens with zero attached hydrogens (tertiary/aromatic N) is 2. The van der Waals surface area contributed by atoms with Crippen molar-refractivity contribution in [2.45, 2.75) is 25.4 Å². The van der Waals surface area contributed by atoms with Crippen molar-refractivity contribution in [1.29, 1.82) is 0 Å². The summed E-state index contributed by atoms with van der Waals surface area (Å²) in [6.07, 6.45) is 1.25. The van der Waals surface area contributed by atoms with E-state index in [1.807, 2.05) is 0 Å². The number of rotatable bonds is 3. The van der Waals surface area contributed by atoms with Gasteiger partial charge in [-0.25, -0.2) is 4.39 Å². The number of benzene rings is 1. The maximum atomic E-state index is 13.3. The van der Waals surface area contributed by atoms with Crippen LogP contribution in [0.3, 0.4) is 0 Å². The Morgan fingerprint density at radius 2 is 2.27 bits per heavy atom. The number of carbonyl (C=O) groups is 2. The molecule has 0 radical (unpaired) electrons. The van der Waals surface area contributed by atoms with Crippen LogP contribution in [0.4, 0.5) is 10.1 Å². The molecule has 1 aromatic heterocycles. The molecule has 2 aromatic rings. The van der Waals surface area contributed by atoms with Crippen molar-refractivity contribution in [2.24, 2.45) is 0 Å². The van der Waals surface area contributed by atoms with Crippen LogP contribution in [0.5, 0.6) is 0 Å². The van der Waals surface area contributed by atoms with Gasteiger partial charge in [0.25, 0.3) is 5.91 Å². The van der Waals surface area contributed by atoms with E-state index < -0.39 is 11.9 Å². The molecule has 3 heterocycles. The van der Waals surface area contributed by atoms with Gasteiger partial charge in [-0.1, -0.05) is 11.6 Å². The number of carbonyl (C=O) groups excluding carboxylic acids is 2. The van der Waals surface area contributed by atoms with E-state index in [1.165, 1.54) is 23.1 Å². The van der Waals surface area contributed by atoms with Crippen LogP contribution in [0.2, 0.25) is 5.02 Å². The van der Waals surface area contributed by atoms with Crippen LogP contribution in [0.1, 0.15) is 28.2 Å². The fraction of sp³-hybridized carbons (Fsp3) is 0.353. The number of fused-ring (bicyclic) bond motifs is 1. The smallest absolute Gasteiger partial charge is 0.272 e. The Morgan fingerprint density at radius 1 is 1.42 bits per heavy atom. The van der Waals surface area contributed by atoms with E-state index in [2.05, 4.69) is 20.8 Å². The van der Waals surface area contributed by atoms with Gasteiger partial charge in [-0.2, -0.15) is 5.10 Å². The van der Waals surface area contributed by atoms with Crippen LogP contribution in [-0.2, 0) is 17.8 Å². The summed E-state index contributed by atoms with van der Waals surface area (Å²) in [5.74, 6) is -1.16. The molecule has 136 valence electrons. The Labute approximate surface area is 153 Å². The molecule has 0 aliphatic carbocycles. The predicted molar refractivity (Wildman–Crippen MR) is 93.6 cm³/mol. The third-order valence-electron chi connectivity index (χ3n) is 4.75. The van der Waals surface area contributed by atoms with E-state index in [0.29, 0.717) is 30.9 Å². The van der Waals surface area contributed by atoms with Gasteiger partial charge in [0.2, 0.25) is 5.91 Å². The highest BCUT2D eigenvalue weighted by molar-refractivity contribution is 6.31. The normalized spacial score (nSPS) is 19.5. The number of anilines is 1. The lowest BCUT2D eigenvalue weighted by atomic mass is 10.1. The molecule has 0 saturated carbocycles. The molecular weight excluding hydrogens is 361 g/mol. The van der Waals surface area contributed by atoms with Crippen molar-refractivity contribution >= 4 is 29.1 Å². The number of amides is 2. The van der Waals surface area contributed by atoms with Gasteiger partial charge in [0, 0.05) is 43.0 Å². The second-order valence-electron chi connectivity index (χ2n) is 6.36. The quantitative estimate of drug-likeness (QED) is 0.754. The molecule has 3 N–H and O–H groups in total. The summed E-state index contributed by atoms with van der Waals surface area (Å²) >= 11 is 5.80. The van der Waals surface area contributed by atoms with Gasteiger partial charge in [-0.3, -0.25) is 14.7 Å². The molecule has 2 aliphatic rings. The van der Waals surface area contributed by atoms with Gasteiger partial charge in [0.1, 0.15) is 11.9 Å². The summed E-state index contributed by atoms with van der Waals surface area (Å²) in [4.78, 5) is 26.7. The van der Waals surface area contributed by atoms with Crippen molar-refractivity contribution in [3.8, 4) is 0 Å². The Morgan fingerprint density at radius 3 is 3.08 bits per heavy atom. The van der Waals surface area contributed by atoms with E-state index in [-0.39, 0.29) is 16.8 Å². The van der Waals surface area contributed by atoms with Crippen molar-refractivity contribution in [3.05, 3.63) is 46.0 Å². The molecule has 7 nitrogen and oxygen atoms in total. The molecule has 2 amide bonds. The minimum Gasteiger partial charge on any atom is -0.339 e. The molecule has 0 bridgehead atoms. The molecule has 1 atom stereocenters. The lowest BCUT2D eigenvalue weighted by Gasteiger charge is -2.18. The molecular formula is C17H17ClFN5O2. The Bertz CT molecular complexity index is 884. The highest BCUT2D eigenvalue weighted by atomic mass is 35.5. The summed E-state index contributed by atoms with van der Waals surface area (Å²) < 4.78 is 13.3. The maximum absolute atomic E-state index is 13.3. The number of hydrogen-bond donors (Lipinski definition) is 3. The number of halogens is 2. The number of aromatic nitrogens is 2. The van der Waals surface area contributed by atoms with E-state index in [0.717, 1.165) is 24.2 Å². The number of H-pyrrole nitrogens is 1. The topological polar surface area (TPSA) is 90.1 Å². The number of hydrogen-bond acceptors (Lipinski definition) is 4. The molecule has 9 heteroatoms. The molecule has 1 fully saturated rings.